The number of carbonyl (C=O) groups is 2. The van der Waals surface area contributed by atoms with E-state index in [1.165, 1.54) is 24.0 Å². The molecule has 1 saturated heterocycles. The zero-order valence-electron chi connectivity index (χ0n) is 25.4. The third-order valence-electron chi connectivity index (χ3n) is 9.23. The summed E-state index contributed by atoms with van der Waals surface area (Å²) < 4.78 is 0. The van der Waals surface area contributed by atoms with Crippen LogP contribution in [0.3, 0.4) is 0 Å². The number of likely N-dealkylation sites (tertiary alicyclic amines) is 1. The summed E-state index contributed by atoms with van der Waals surface area (Å²) in [6.07, 6.45) is 12.1. The third-order valence-corrected chi connectivity index (χ3v) is 9.23. The summed E-state index contributed by atoms with van der Waals surface area (Å²) in [5.41, 5.74) is 2.76. The van der Waals surface area contributed by atoms with Crippen molar-refractivity contribution in [2.24, 2.45) is 5.92 Å². The van der Waals surface area contributed by atoms with E-state index in [0.29, 0.717) is 0 Å². The SMILES string of the molecule is CNC(C)C(=O)N[C@H](C(=O)N1CCCC1CN(CCCCc1ccccc1)CCc1ccccc1)C1CCCCC1. The second kappa shape index (κ2) is 16.7. The molecule has 2 N–H and O–H groups in total. The average molecular weight is 561 g/mol. The van der Waals surface area contributed by atoms with Gasteiger partial charge in [-0.05, 0) is 88.9 Å². The number of likely N-dealkylation sites (N-methyl/N-ethyl adjacent to an activating group) is 1. The Hall–Kier alpha value is -2.70. The van der Waals surface area contributed by atoms with E-state index < -0.39 is 6.04 Å². The number of rotatable bonds is 15. The number of benzene rings is 2. The van der Waals surface area contributed by atoms with Gasteiger partial charge in [0.25, 0.3) is 0 Å². The van der Waals surface area contributed by atoms with Crippen molar-refractivity contribution in [3.63, 3.8) is 0 Å². The molecule has 3 atom stereocenters. The molecule has 2 amide bonds. The van der Waals surface area contributed by atoms with Crippen LogP contribution in [-0.4, -0.2) is 73.0 Å². The maximum Gasteiger partial charge on any atom is 0.245 e. The highest BCUT2D eigenvalue weighted by molar-refractivity contribution is 5.90. The number of unbranched alkanes of at least 4 members (excludes halogenated alkanes) is 1. The van der Waals surface area contributed by atoms with Crippen molar-refractivity contribution in [1.82, 2.24) is 20.4 Å². The number of carbonyl (C=O) groups excluding carboxylic acids is 2. The summed E-state index contributed by atoms with van der Waals surface area (Å²) >= 11 is 0. The van der Waals surface area contributed by atoms with Gasteiger partial charge < -0.3 is 20.4 Å². The molecule has 1 aliphatic carbocycles. The lowest BCUT2D eigenvalue weighted by Gasteiger charge is -2.37. The van der Waals surface area contributed by atoms with Crippen LogP contribution < -0.4 is 10.6 Å². The Balaban J connectivity index is 1.41. The van der Waals surface area contributed by atoms with Crippen molar-refractivity contribution in [3.8, 4) is 0 Å². The van der Waals surface area contributed by atoms with Crippen molar-refractivity contribution in [2.45, 2.75) is 95.7 Å². The molecule has 6 heteroatoms. The molecule has 0 spiro atoms. The van der Waals surface area contributed by atoms with Gasteiger partial charge in [-0.1, -0.05) is 79.9 Å². The van der Waals surface area contributed by atoms with Gasteiger partial charge in [0.05, 0.1) is 6.04 Å². The van der Waals surface area contributed by atoms with E-state index in [4.69, 9.17) is 0 Å². The topological polar surface area (TPSA) is 64.7 Å². The van der Waals surface area contributed by atoms with E-state index in [2.05, 4.69) is 81.1 Å². The molecule has 1 saturated carbocycles. The van der Waals surface area contributed by atoms with Crippen molar-refractivity contribution in [3.05, 3.63) is 71.8 Å². The minimum atomic E-state index is -0.414. The third kappa shape index (κ3) is 9.68. The lowest BCUT2D eigenvalue weighted by Crippen LogP contribution is -2.57. The van der Waals surface area contributed by atoms with Crippen molar-refractivity contribution >= 4 is 11.8 Å². The standard InChI is InChI=1S/C35H52N4O2/c1-28(36-2)34(40)37-33(31-20-10-5-11-21-31)35(41)39-25-14-22-32(39)27-38(26-23-30-17-8-4-9-18-30)24-13-12-19-29-15-6-3-7-16-29/h3-4,6-9,15-18,28,31-33,36H,5,10-14,19-27H2,1-2H3,(H,37,40)/t28?,32?,33-/m0/s1. The number of nitrogens with one attached hydrogen (secondary N) is 2. The van der Waals surface area contributed by atoms with E-state index in [1.807, 2.05) is 6.92 Å². The van der Waals surface area contributed by atoms with Gasteiger partial charge >= 0.3 is 0 Å². The molecule has 0 bridgehead atoms. The number of aryl methyl sites for hydroxylation is 1. The maximum absolute atomic E-state index is 14.2. The van der Waals surface area contributed by atoms with Crippen LogP contribution in [0, 0.1) is 5.92 Å². The van der Waals surface area contributed by atoms with Gasteiger partial charge in [0.15, 0.2) is 0 Å². The quantitative estimate of drug-likeness (QED) is 0.293. The van der Waals surface area contributed by atoms with Crippen LogP contribution in [0.25, 0.3) is 0 Å². The highest BCUT2D eigenvalue weighted by Gasteiger charge is 2.39. The van der Waals surface area contributed by atoms with Gasteiger partial charge in [-0.2, -0.15) is 0 Å². The van der Waals surface area contributed by atoms with E-state index in [0.717, 1.165) is 84.0 Å². The van der Waals surface area contributed by atoms with Crippen LogP contribution >= 0.6 is 0 Å². The van der Waals surface area contributed by atoms with Gasteiger partial charge in [-0.15, -0.1) is 0 Å². The fourth-order valence-corrected chi connectivity index (χ4v) is 6.59. The van der Waals surface area contributed by atoms with Crippen molar-refractivity contribution < 1.29 is 9.59 Å². The van der Waals surface area contributed by atoms with Gasteiger partial charge in [0.2, 0.25) is 11.8 Å². The predicted octanol–water partition coefficient (Wildman–Crippen LogP) is 5.22. The lowest BCUT2D eigenvalue weighted by atomic mass is 9.83. The molecular formula is C35H52N4O2. The zero-order chi connectivity index (χ0) is 28.9. The first-order chi connectivity index (χ1) is 20.0. The van der Waals surface area contributed by atoms with Crippen molar-refractivity contribution in [1.29, 1.82) is 0 Å². The Morgan fingerprint density at radius 2 is 1.51 bits per heavy atom. The monoisotopic (exact) mass is 560 g/mol. The minimum Gasteiger partial charge on any atom is -0.343 e. The second-order valence-electron chi connectivity index (χ2n) is 12.2. The summed E-state index contributed by atoms with van der Waals surface area (Å²) in [5, 5.41) is 6.22. The molecule has 41 heavy (non-hydrogen) atoms. The number of amides is 2. The molecule has 6 nitrogen and oxygen atoms in total. The summed E-state index contributed by atoms with van der Waals surface area (Å²) in [6.45, 7) is 5.60. The highest BCUT2D eigenvalue weighted by atomic mass is 16.2. The van der Waals surface area contributed by atoms with E-state index in [9.17, 15) is 9.59 Å². The van der Waals surface area contributed by atoms with Gasteiger partial charge in [0, 0.05) is 25.7 Å². The summed E-state index contributed by atoms with van der Waals surface area (Å²) in [4.78, 5) is 31.8. The lowest BCUT2D eigenvalue weighted by molar-refractivity contribution is -0.139. The van der Waals surface area contributed by atoms with Crippen molar-refractivity contribution in [2.75, 3.05) is 33.2 Å². The normalized spacial score (nSPS) is 19.3. The Bertz CT molecular complexity index is 1040. The fraction of sp³-hybridized carbons (Fsp3) is 0.600. The van der Waals surface area contributed by atoms with Crippen LogP contribution in [-0.2, 0) is 22.4 Å². The number of hydrogen-bond acceptors (Lipinski definition) is 4. The second-order valence-corrected chi connectivity index (χ2v) is 12.2. The van der Waals surface area contributed by atoms with E-state index >= 15 is 0 Å². The van der Waals surface area contributed by atoms with Crippen LogP contribution in [0.5, 0.6) is 0 Å². The molecule has 1 heterocycles. The molecule has 2 aliphatic rings. The average Bonchev–Trinajstić information content (AvgIpc) is 3.49. The molecule has 2 unspecified atom stereocenters. The van der Waals surface area contributed by atoms with Gasteiger partial charge in [0.1, 0.15) is 6.04 Å². The Morgan fingerprint density at radius 1 is 0.854 bits per heavy atom. The predicted molar refractivity (Wildman–Crippen MR) is 168 cm³/mol. The van der Waals surface area contributed by atoms with Crippen LogP contribution in [0.15, 0.2) is 60.7 Å². The molecular weight excluding hydrogens is 508 g/mol. The molecule has 2 fully saturated rings. The van der Waals surface area contributed by atoms with E-state index in [-0.39, 0.29) is 29.8 Å². The van der Waals surface area contributed by atoms with Gasteiger partial charge in [-0.3, -0.25) is 9.59 Å². The zero-order valence-corrected chi connectivity index (χ0v) is 25.4. The fourth-order valence-electron chi connectivity index (χ4n) is 6.59. The molecule has 4 rings (SSSR count). The summed E-state index contributed by atoms with van der Waals surface area (Å²) in [7, 11) is 1.79. The first-order valence-electron chi connectivity index (χ1n) is 16.1. The summed E-state index contributed by atoms with van der Waals surface area (Å²) in [6, 6.07) is 21.0. The largest absolute Gasteiger partial charge is 0.343 e. The Kier molecular flexibility index (Phi) is 12.7. The molecule has 0 aromatic heterocycles. The molecule has 224 valence electrons. The van der Waals surface area contributed by atoms with Crippen LogP contribution in [0.1, 0.15) is 75.8 Å². The minimum absolute atomic E-state index is 0.0740. The first-order valence-corrected chi connectivity index (χ1v) is 16.1. The molecule has 2 aromatic carbocycles. The first kappa shape index (κ1) is 31.2. The molecule has 2 aromatic rings. The van der Waals surface area contributed by atoms with Gasteiger partial charge in [-0.25, -0.2) is 0 Å². The summed E-state index contributed by atoms with van der Waals surface area (Å²) in [5.74, 6) is 0.302. The van der Waals surface area contributed by atoms with Crippen LogP contribution in [0.4, 0.5) is 0 Å². The van der Waals surface area contributed by atoms with E-state index in [1.54, 1.807) is 7.05 Å². The number of hydrogen-bond donors (Lipinski definition) is 2. The molecule has 1 aliphatic heterocycles. The number of nitrogens with zero attached hydrogens (tertiary/aromatic N) is 2. The van der Waals surface area contributed by atoms with Crippen LogP contribution in [0.2, 0.25) is 0 Å². The maximum atomic E-state index is 14.2. The molecule has 0 radical (unpaired) electrons. The Labute approximate surface area is 248 Å². The Morgan fingerprint density at radius 3 is 2.17 bits per heavy atom. The highest BCUT2D eigenvalue weighted by Crippen LogP contribution is 2.29. The smallest absolute Gasteiger partial charge is 0.245 e.